The van der Waals surface area contributed by atoms with E-state index in [0.717, 1.165) is 19.3 Å². The Bertz CT molecular complexity index is 599. The summed E-state index contributed by atoms with van der Waals surface area (Å²) in [5, 5.41) is 2.76. The molecule has 26 heavy (non-hydrogen) atoms. The van der Waals surface area contributed by atoms with Crippen molar-refractivity contribution in [3.8, 4) is 0 Å². The van der Waals surface area contributed by atoms with E-state index in [2.05, 4.69) is 56.8 Å². The SMILES string of the molecule is CC(C)(C)CCCC(=O)c1nc(N)c(C(=O)NCCC(C)(C)C)nc1N. The fourth-order valence-corrected chi connectivity index (χ4v) is 2.37. The van der Waals surface area contributed by atoms with E-state index in [1.54, 1.807) is 0 Å². The van der Waals surface area contributed by atoms with Crippen LogP contribution in [0.2, 0.25) is 0 Å². The number of carbonyl (C=O) groups is 2. The van der Waals surface area contributed by atoms with E-state index in [0.29, 0.717) is 13.0 Å². The molecule has 0 aliphatic rings. The topological polar surface area (TPSA) is 124 Å². The minimum absolute atomic E-state index is 0.0392. The minimum atomic E-state index is -0.433. The zero-order valence-corrected chi connectivity index (χ0v) is 16.9. The van der Waals surface area contributed by atoms with Crippen molar-refractivity contribution in [2.24, 2.45) is 10.8 Å². The van der Waals surface area contributed by atoms with Crippen molar-refractivity contribution in [1.29, 1.82) is 0 Å². The van der Waals surface area contributed by atoms with Crippen molar-refractivity contribution in [3.63, 3.8) is 0 Å². The van der Waals surface area contributed by atoms with Crippen LogP contribution in [0.15, 0.2) is 0 Å². The number of hydrogen-bond acceptors (Lipinski definition) is 6. The van der Waals surface area contributed by atoms with Crippen LogP contribution >= 0.6 is 0 Å². The second kappa shape index (κ2) is 8.47. The standard InChI is InChI=1S/C19H33N5O2/c1-18(2,3)9-7-8-12(25)13-15(20)24-14(16(21)23-13)17(26)22-11-10-19(4,5)6/h7-11H2,1-6H3,(H2,20,24)(H2,21,23)(H,22,26). The molecule has 0 saturated heterocycles. The second-order valence-corrected chi connectivity index (χ2v) is 9.10. The van der Waals surface area contributed by atoms with Gasteiger partial charge in [0.25, 0.3) is 5.91 Å². The Morgan fingerprint density at radius 1 is 0.885 bits per heavy atom. The number of hydrogen-bond donors (Lipinski definition) is 3. The molecule has 7 nitrogen and oxygen atoms in total. The van der Waals surface area contributed by atoms with E-state index in [4.69, 9.17) is 11.5 Å². The lowest BCUT2D eigenvalue weighted by molar-refractivity contribution is 0.0939. The molecule has 0 aliphatic heterocycles. The van der Waals surface area contributed by atoms with Crippen molar-refractivity contribution in [2.75, 3.05) is 18.0 Å². The molecule has 1 heterocycles. The number of aromatic nitrogens is 2. The van der Waals surface area contributed by atoms with Gasteiger partial charge < -0.3 is 16.8 Å². The summed E-state index contributed by atoms with van der Waals surface area (Å²) in [5.41, 5.74) is 12.0. The normalized spacial score (nSPS) is 12.1. The highest BCUT2D eigenvalue weighted by molar-refractivity contribution is 6.01. The minimum Gasteiger partial charge on any atom is -0.382 e. The highest BCUT2D eigenvalue weighted by Gasteiger charge is 2.21. The number of carbonyl (C=O) groups excluding carboxylic acids is 2. The maximum Gasteiger partial charge on any atom is 0.273 e. The van der Waals surface area contributed by atoms with Crippen molar-refractivity contribution in [3.05, 3.63) is 11.4 Å². The van der Waals surface area contributed by atoms with Gasteiger partial charge in [-0.2, -0.15) is 0 Å². The van der Waals surface area contributed by atoms with Gasteiger partial charge in [0.2, 0.25) is 0 Å². The van der Waals surface area contributed by atoms with Gasteiger partial charge in [-0.1, -0.05) is 41.5 Å². The maximum atomic E-state index is 12.3. The molecular weight excluding hydrogens is 330 g/mol. The van der Waals surface area contributed by atoms with Crippen LogP contribution in [0.5, 0.6) is 0 Å². The fourth-order valence-electron chi connectivity index (χ4n) is 2.37. The largest absolute Gasteiger partial charge is 0.382 e. The third-order valence-electron chi connectivity index (χ3n) is 3.92. The number of rotatable bonds is 7. The summed E-state index contributed by atoms with van der Waals surface area (Å²) >= 11 is 0. The predicted octanol–water partition coefficient (Wildman–Crippen LogP) is 3.21. The van der Waals surface area contributed by atoms with Crippen molar-refractivity contribution >= 4 is 23.3 Å². The lowest BCUT2D eigenvalue weighted by Crippen LogP contribution is -2.29. The molecule has 0 aromatic carbocycles. The van der Waals surface area contributed by atoms with E-state index < -0.39 is 5.91 Å². The molecule has 0 spiro atoms. The monoisotopic (exact) mass is 363 g/mol. The molecule has 0 atom stereocenters. The number of anilines is 2. The molecule has 1 aromatic rings. The quantitative estimate of drug-likeness (QED) is 0.639. The summed E-state index contributed by atoms with van der Waals surface area (Å²) in [6, 6.07) is 0. The highest BCUT2D eigenvalue weighted by atomic mass is 16.2. The predicted molar refractivity (Wildman–Crippen MR) is 105 cm³/mol. The van der Waals surface area contributed by atoms with E-state index in [9.17, 15) is 9.59 Å². The second-order valence-electron chi connectivity index (χ2n) is 9.10. The summed E-state index contributed by atoms with van der Waals surface area (Å²) < 4.78 is 0. The summed E-state index contributed by atoms with van der Waals surface area (Å²) in [7, 11) is 0. The van der Waals surface area contributed by atoms with Crippen LogP contribution in [0.4, 0.5) is 11.6 Å². The zero-order valence-electron chi connectivity index (χ0n) is 16.9. The number of amides is 1. The highest BCUT2D eigenvalue weighted by Crippen LogP contribution is 2.23. The van der Waals surface area contributed by atoms with Gasteiger partial charge >= 0.3 is 0 Å². The van der Waals surface area contributed by atoms with Gasteiger partial charge in [0.15, 0.2) is 28.8 Å². The number of ketones is 1. The Labute approximate surface area is 156 Å². The van der Waals surface area contributed by atoms with E-state index >= 15 is 0 Å². The molecule has 0 fully saturated rings. The molecule has 0 saturated carbocycles. The Balaban J connectivity index is 2.78. The molecule has 0 unspecified atom stereocenters. The van der Waals surface area contributed by atoms with Crippen molar-refractivity contribution in [2.45, 2.75) is 67.2 Å². The summed E-state index contributed by atoms with van der Waals surface area (Å²) in [5.74, 6) is -0.768. The van der Waals surface area contributed by atoms with Crippen LogP contribution in [-0.4, -0.2) is 28.2 Å². The summed E-state index contributed by atoms with van der Waals surface area (Å²) in [6.45, 7) is 13.1. The number of nitrogen functional groups attached to an aromatic ring is 2. The Morgan fingerprint density at radius 2 is 1.38 bits per heavy atom. The van der Waals surface area contributed by atoms with Crippen LogP contribution in [0.3, 0.4) is 0 Å². The third-order valence-corrected chi connectivity index (χ3v) is 3.92. The zero-order chi connectivity index (χ0) is 20.1. The first-order valence-corrected chi connectivity index (χ1v) is 9.04. The molecule has 1 rings (SSSR count). The van der Waals surface area contributed by atoms with Gasteiger partial charge in [0.05, 0.1) is 0 Å². The molecular formula is C19H33N5O2. The number of nitrogens with two attached hydrogens (primary N) is 2. The van der Waals surface area contributed by atoms with Crippen LogP contribution in [0.25, 0.3) is 0 Å². The van der Waals surface area contributed by atoms with Crippen molar-refractivity contribution < 1.29 is 9.59 Å². The number of nitrogens with zero attached hydrogens (tertiary/aromatic N) is 2. The van der Waals surface area contributed by atoms with E-state index in [1.165, 1.54) is 0 Å². The van der Waals surface area contributed by atoms with Crippen LogP contribution in [-0.2, 0) is 0 Å². The van der Waals surface area contributed by atoms with Gasteiger partial charge in [-0.25, -0.2) is 9.97 Å². The Morgan fingerprint density at radius 3 is 1.92 bits per heavy atom. The molecule has 0 aliphatic carbocycles. The summed E-state index contributed by atoms with van der Waals surface area (Å²) in [4.78, 5) is 32.6. The number of nitrogens with one attached hydrogen (secondary N) is 1. The first-order chi connectivity index (χ1) is 11.8. The van der Waals surface area contributed by atoms with Gasteiger partial charge in [0, 0.05) is 13.0 Å². The van der Waals surface area contributed by atoms with Gasteiger partial charge in [-0.3, -0.25) is 9.59 Å². The average Bonchev–Trinajstić information content (AvgIpc) is 2.46. The van der Waals surface area contributed by atoms with Crippen molar-refractivity contribution in [1.82, 2.24) is 15.3 Å². The van der Waals surface area contributed by atoms with Gasteiger partial charge in [0.1, 0.15) is 0 Å². The first kappa shape index (κ1) is 21.9. The van der Waals surface area contributed by atoms with Gasteiger partial charge in [-0.05, 0) is 30.1 Å². The van der Waals surface area contributed by atoms with E-state index in [-0.39, 0.29) is 39.6 Å². The number of Topliss-reactive ketones (excluding diaryl/α,β-unsaturated/α-hetero) is 1. The molecule has 5 N–H and O–H groups in total. The maximum absolute atomic E-state index is 12.3. The smallest absolute Gasteiger partial charge is 0.273 e. The van der Waals surface area contributed by atoms with Crippen LogP contribution in [0, 0.1) is 10.8 Å². The lowest BCUT2D eigenvalue weighted by Gasteiger charge is -2.18. The van der Waals surface area contributed by atoms with Crippen LogP contribution in [0.1, 0.15) is 88.2 Å². The molecule has 1 amide bonds. The lowest BCUT2D eigenvalue weighted by atomic mass is 9.89. The van der Waals surface area contributed by atoms with Crippen LogP contribution < -0.4 is 16.8 Å². The van der Waals surface area contributed by atoms with E-state index in [1.807, 2.05) is 0 Å². The molecule has 1 aromatic heterocycles. The Hall–Kier alpha value is -2.18. The third kappa shape index (κ3) is 7.37. The average molecular weight is 364 g/mol. The Kier molecular flexibility index (Phi) is 7.12. The molecule has 146 valence electrons. The fraction of sp³-hybridized carbons (Fsp3) is 0.684. The molecule has 7 heteroatoms. The molecule has 0 radical (unpaired) electrons. The summed E-state index contributed by atoms with van der Waals surface area (Å²) in [6.07, 6.45) is 2.78. The van der Waals surface area contributed by atoms with Gasteiger partial charge in [-0.15, -0.1) is 0 Å². The first-order valence-electron chi connectivity index (χ1n) is 9.04. The molecule has 0 bridgehead atoms.